The fourth-order valence-corrected chi connectivity index (χ4v) is 10.3. The maximum absolute atomic E-state index is 12.8. The van der Waals surface area contributed by atoms with Crippen molar-refractivity contribution in [3.63, 3.8) is 0 Å². The molecule has 0 aliphatic carbocycles. The monoisotopic (exact) mass is 1050 g/mol. The van der Waals surface area contributed by atoms with E-state index in [0.717, 1.165) is 77.0 Å². The van der Waals surface area contributed by atoms with Gasteiger partial charge < -0.3 is 14.2 Å². The van der Waals surface area contributed by atoms with Crippen molar-refractivity contribution in [2.24, 2.45) is 0 Å². The fraction of sp³-hybridized carbons (Fsp3) is 0.899. The van der Waals surface area contributed by atoms with Crippen LogP contribution in [0.1, 0.15) is 380 Å². The molecule has 0 aromatic rings. The van der Waals surface area contributed by atoms with Gasteiger partial charge in [-0.3, -0.25) is 14.4 Å². The summed E-state index contributed by atoms with van der Waals surface area (Å²) in [6.45, 7) is 6.60. The highest BCUT2D eigenvalue weighted by Gasteiger charge is 2.19. The molecule has 0 fully saturated rings. The summed E-state index contributed by atoms with van der Waals surface area (Å²) < 4.78 is 16.9. The summed E-state index contributed by atoms with van der Waals surface area (Å²) in [6.07, 6.45) is 78.1. The first kappa shape index (κ1) is 72.9. The van der Waals surface area contributed by atoms with Gasteiger partial charge in [0.2, 0.25) is 0 Å². The number of hydrogen-bond acceptors (Lipinski definition) is 6. The first-order valence-electron chi connectivity index (χ1n) is 33.8. The number of rotatable bonds is 63. The Morgan fingerprint density at radius 1 is 0.253 bits per heavy atom. The molecule has 75 heavy (non-hydrogen) atoms. The Kier molecular flexibility index (Phi) is 62.6. The fourth-order valence-electron chi connectivity index (χ4n) is 10.3. The van der Waals surface area contributed by atoms with E-state index in [1.807, 2.05) is 0 Å². The number of ether oxygens (including phenoxy) is 3. The summed E-state index contributed by atoms with van der Waals surface area (Å²) in [5, 5.41) is 0. The molecule has 0 aliphatic rings. The highest BCUT2D eigenvalue weighted by Crippen LogP contribution is 2.19. The van der Waals surface area contributed by atoms with Gasteiger partial charge in [-0.2, -0.15) is 0 Å². The highest BCUT2D eigenvalue weighted by molar-refractivity contribution is 5.71. The smallest absolute Gasteiger partial charge is 0.306 e. The van der Waals surface area contributed by atoms with Crippen LogP contribution in [-0.4, -0.2) is 37.2 Å². The van der Waals surface area contributed by atoms with Crippen LogP contribution in [0.25, 0.3) is 0 Å². The number of carbonyl (C=O) groups is 3. The van der Waals surface area contributed by atoms with Crippen molar-refractivity contribution in [3.05, 3.63) is 24.3 Å². The lowest BCUT2D eigenvalue weighted by Crippen LogP contribution is -2.30. The van der Waals surface area contributed by atoms with Gasteiger partial charge in [-0.25, -0.2) is 0 Å². The summed E-state index contributed by atoms with van der Waals surface area (Å²) in [4.78, 5) is 38.1. The van der Waals surface area contributed by atoms with Crippen LogP contribution in [-0.2, 0) is 28.6 Å². The molecular formula is C69H130O6. The minimum Gasteiger partial charge on any atom is -0.462 e. The van der Waals surface area contributed by atoms with Crippen molar-refractivity contribution in [1.29, 1.82) is 0 Å². The van der Waals surface area contributed by atoms with E-state index in [9.17, 15) is 14.4 Å². The maximum atomic E-state index is 12.8. The molecule has 0 amide bonds. The maximum Gasteiger partial charge on any atom is 0.306 e. The van der Waals surface area contributed by atoms with Gasteiger partial charge in [0.25, 0.3) is 0 Å². The number of allylic oxidation sites excluding steroid dienone is 4. The average molecular weight is 1060 g/mol. The number of unbranched alkanes of at least 4 members (excludes halogenated alkanes) is 48. The molecule has 1 atom stereocenters. The zero-order valence-electron chi connectivity index (χ0n) is 50.8. The first-order valence-corrected chi connectivity index (χ1v) is 33.8. The lowest BCUT2D eigenvalue weighted by atomic mass is 10.0. The Bertz CT molecular complexity index is 1210. The summed E-state index contributed by atoms with van der Waals surface area (Å²) in [7, 11) is 0. The average Bonchev–Trinajstić information content (AvgIpc) is 3.41. The van der Waals surface area contributed by atoms with E-state index in [2.05, 4.69) is 45.1 Å². The summed E-state index contributed by atoms with van der Waals surface area (Å²) >= 11 is 0. The van der Waals surface area contributed by atoms with Gasteiger partial charge in [0.15, 0.2) is 6.10 Å². The van der Waals surface area contributed by atoms with Crippen LogP contribution >= 0.6 is 0 Å². The minimum atomic E-state index is -0.775. The normalized spacial score (nSPS) is 12.1. The lowest BCUT2D eigenvalue weighted by molar-refractivity contribution is -0.167. The highest BCUT2D eigenvalue weighted by atomic mass is 16.6. The third-order valence-corrected chi connectivity index (χ3v) is 15.4. The van der Waals surface area contributed by atoms with Gasteiger partial charge in [0, 0.05) is 19.3 Å². The second-order valence-electron chi connectivity index (χ2n) is 23.1. The SMILES string of the molecule is CCC/C=C\CCCCCCCC(=O)OCC(COC(=O)CCCCCCCCCCCCCCCCCCCCCCCCCCCCCCCCCCCC)OC(=O)CCCCCCC/C=C\CCCCCC. The minimum absolute atomic E-state index is 0.0731. The van der Waals surface area contributed by atoms with E-state index in [0.29, 0.717) is 19.3 Å². The second kappa shape index (κ2) is 64.4. The van der Waals surface area contributed by atoms with Gasteiger partial charge in [-0.1, -0.05) is 321 Å². The predicted octanol–water partition coefficient (Wildman–Crippen LogP) is 23.0. The number of hydrogen-bond donors (Lipinski definition) is 0. The molecule has 0 heterocycles. The van der Waals surface area contributed by atoms with Crippen LogP contribution in [0, 0.1) is 0 Å². The third kappa shape index (κ3) is 62.6. The molecule has 0 bridgehead atoms. The van der Waals surface area contributed by atoms with Gasteiger partial charge >= 0.3 is 17.9 Å². The van der Waals surface area contributed by atoms with Crippen molar-refractivity contribution in [2.75, 3.05) is 13.2 Å². The van der Waals surface area contributed by atoms with Crippen LogP contribution in [0.5, 0.6) is 0 Å². The second-order valence-corrected chi connectivity index (χ2v) is 23.1. The van der Waals surface area contributed by atoms with Crippen molar-refractivity contribution < 1.29 is 28.6 Å². The van der Waals surface area contributed by atoms with Crippen LogP contribution < -0.4 is 0 Å². The Balaban J connectivity index is 3.95. The predicted molar refractivity (Wildman–Crippen MR) is 326 cm³/mol. The van der Waals surface area contributed by atoms with Crippen LogP contribution in [0.3, 0.4) is 0 Å². The zero-order chi connectivity index (χ0) is 54.3. The van der Waals surface area contributed by atoms with Gasteiger partial charge in [-0.05, 0) is 64.2 Å². The molecule has 0 aliphatic heterocycles. The summed E-state index contributed by atoms with van der Waals surface area (Å²) in [5.41, 5.74) is 0. The van der Waals surface area contributed by atoms with Crippen molar-refractivity contribution in [3.8, 4) is 0 Å². The van der Waals surface area contributed by atoms with Crippen molar-refractivity contribution in [2.45, 2.75) is 386 Å². The van der Waals surface area contributed by atoms with Gasteiger partial charge in [0.05, 0.1) is 0 Å². The standard InChI is InChI=1S/C69H130O6/c1-4-7-10-13-16-19-22-24-25-26-27-28-29-30-31-32-33-34-35-36-37-38-39-40-41-42-43-44-46-47-50-53-56-59-62-68(71)74-65-66(64-73-67(70)61-58-55-52-49-21-18-15-12-9-6-3)75-69(72)63-60-57-54-51-48-45-23-20-17-14-11-8-5-2/h12,15,20,23,66H,4-11,13-14,16-19,21-22,24-65H2,1-3H3/b15-12-,23-20-. The largest absolute Gasteiger partial charge is 0.462 e. The van der Waals surface area contributed by atoms with Crippen molar-refractivity contribution >= 4 is 17.9 Å². The van der Waals surface area contributed by atoms with E-state index >= 15 is 0 Å². The molecule has 0 saturated carbocycles. The molecule has 6 nitrogen and oxygen atoms in total. The first-order chi connectivity index (χ1) is 37.0. The Hall–Kier alpha value is -2.11. The molecule has 6 heteroatoms. The molecular weight excluding hydrogens is 925 g/mol. The zero-order valence-corrected chi connectivity index (χ0v) is 50.8. The molecule has 442 valence electrons. The van der Waals surface area contributed by atoms with Gasteiger partial charge in [-0.15, -0.1) is 0 Å². The van der Waals surface area contributed by atoms with Crippen molar-refractivity contribution in [1.82, 2.24) is 0 Å². The Labute approximate surface area is 468 Å². The molecule has 0 spiro atoms. The topological polar surface area (TPSA) is 78.9 Å². The van der Waals surface area contributed by atoms with E-state index in [1.165, 1.54) is 263 Å². The quantitative estimate of drug-likeness (QED) is 0.0261. The van der Waals surface area contributed by atoms with Crippen LogP contribution in [0.15, 0.2) is 24.3 Å². The molecule has 0 aromatic heterocycles. The lowest BCUT2D eigenvalue weighted by Gasteiger charge is -2.18. The van der Waals surface area contributed by atoms with Crippen LogP contribution in [0.4, 0.5) is 0 Å². The number of esters is 3. The van der Waals surface area contributed by atoms with E-state index in [-0.39, 0.29) is 31.1 Å². The molecule has 0 radical (unpaired) electrons. The van der Waals surface area contributed by atoms with E-state index in [4.69, 9.17) is 14.2 Å². The summed E-state index contributed by atoms with van der Waals surface area (Å²) in [5.74, 6) is -0.873. The molecule has 0 rings (SSSR count). The Morgan fingerprint density at radius 3 is 0.733 bits per heavy atom. The Morgan fingerprint density at radius 2 is 0.467 bits per heavy atom. The number of carbonyl (C=O) groups excluding carboxylic acids is 3. The molecule has 0 aromatic carbocycles. The van der Waals surface area contributed by atoms with E-state index in [1.54, 1.807) is 0 Å². The van der Waals surface area contributed by atoms with Gasteiger partial charge in [0.1, 0.15) is 13.2 Å². The molecule has 0 saturated heterocycles. The van der Waals surface area contributed by atoms with Crippen LogP contribution in [0.2, 0.25) is 0 Å². The molecule has 1 unspecified atom stereocenters. The third-order valence-electron chi connectivity index (χ3n) is 15.4. The van der Waals surface area contributed by atoms with E-state index < -0.39 is 6.10 Å². The summed E-state index contributed by atoms with van der Waals surface area (Å²) in [6, 6.07) is 0. The molecule has 0 N–H and O–H groups in total.